The van der Waals surface area contributed by atoms with Crippen molar-refractivity contribution in [1.82, 2.24) is 15.3 Å². The highest BCUT2D eigenvalue weighted by Crippen LogP contribution is 2.39. The van der Waals surface area contributed by atoms with Crippen LogP contribution in [0.3, 0.4) is 0 Å². The van der Waals surface area contributed by atoms with E-state index in [1.165, 1.54) is 10.5 Å². The second-order valence-corrected chi connectivity index (χ2v) is 11.6. The molecular weight excluding hydrogens is 488 g/mol. The van der Waals surface area contributed by atoms with Gasteiger partial charge in [-0.3, -0.25) is 4.31 Å². The number of carbonyl (C=O) groups is 1. The molecule has 0 fully saturated rings. The first kappa shape index (κ1) is 24.9. The van der Waals surface area contributed by atoms with Gasteiger partial charge in [0.05, 0.1) is 22.3 Å². The quantitative estimate of drug-likeness (QED) is 0.476. The minimum atomic E-state index is -3.85. The second kappa shape index (κ2) is 9.47. The Morgan fingerprint density at radius 2 is 1.86 bits per heavy atom. The number of rotatable bonds is 4. The fourth-order valence-electron chi connectivity index (χ4n) is 3.92. The molecule has 1 aromatic heterocycles. The first-order valence-corrected chi connectivity index (χ1v) is 13.0. The average molecular weight is 515 g/mol. The fourth-order valence-corrected chi connectivity index (χ4v) is 5.56. The molecule has 4 rings (SSSR count). The average Bonchev–Trinajstić information content (AvgIpc) is 2.78. The number of benzene rings is 2. The Labute approximate surface area is 210 Å². The van der Waals surface area contributed by atoms with Crippen molar-refractivity contribution < 1.29 is 17.9 Å². The molecule has 0 saturated heterocycles. The molecule has 0 radical (unpaired) electrons. The number of ether oxygens (including phenoxy) is 1. The highest BCUT2D eigenvalue weighted by atomic mass is 35.5. The largest absolute Gasteiger partial charge is 0.444 e. The fraction of sp³-hybridized carbons (Fsp3) is 0.320. The SMILES string of the molecule is Cc1ccc(S(=O)(=O)N2CCC(NC(=O)OC(C)(C)C)c3ccc(-c4ccnc(Cl)n4)cc32)cc1. The van der Waals surface area contributed by atoms with Crippen molar-refractivity contribution in [3.05, 3.63) is 71.1 Å². The summed E-state index contributed by atoms with van der Waals surface area (Å²) in [6, 6.07) is 13.4. The van der Waals surface area contributed by atoms with Crippen molar-refractivity contribution >= 4 is 33.4 Å². The lowest BCUT2D eigenvalue weighted by Crippen LogP contribution is -2.42. The predicted octanol–water partition coefficient (Wildman–Crippen LogP) is 5.27. The van der Waals surface area contributed by atoms with Crippen LogP contribution in [0.15, 0.2) is 59.6 Å². The molecule has 2 heterocycles. The molecular formula is C25H27ClN4O4S. The van der Waals surface area contributed by atoms with Gasteiger partial charge in [0.1, 0.15) is 5.60 Å². The van der Waals surface area contributed by atoms with Gasteiger partial charge in [0.25, 0.3) is 10.0 Å². The summed E-state index contributed by atoms with van der Waals surface area (Å²) in [5, 5.41) is 2.98. The number of anilines is 1. The molecule has 35 heavy (non-hydrogen) atoms. The van der Waals surface area contributed by atoms with Crippen molar-refractivity contribution in [2.45, 2.75) is 50.7 Å². The Balaban J connectivity index is 1.78. The molecule has 3 aromatic rings. The standard InChI is InChI=1S/C25H27ClN4O4S/c1-16-5-8-18(9-6-16)35(32,33)30-14-12-21(29-24(31)34-25(2,3)4)19-10-7-17(15-22(19)30)20-11-13-27-23(26)28-20/h5-11,13,15,21H,12,14H2,1-4H3,(H,29,31). The van der Waals surface area contributed by atoms with Crippen LogP contribution in [0.5, 0.6) is 0 Å². The molecule has 1 atom stereocenters. The first-order valence-electron chi connectivity index (χ1n) is 11.2. The maximum atomic E-state index is 13.6. The highest BCUT2D eigenvalue weighted by molar-refractivity contribution is 7.92. The molecule has 1 aliphatic rings. The van der Waals surface area contributed by atoms with E-state index in [9.17, 15) is 13.2 Å². The molecule has 184 valence electrons. The zero-order valence-corrected chi connectivity index (χ0v) is 21.5. The second-order valence-electron chi connectivity index (χ2n) is 9.36. The van der Waals surface area contributed by atoms with Crippen molar-refractivity contribution in [3.8, 4) is 11.3 Å². The lowest BCUT2D eigenvalue weighted by atomic mass is 9.95. The predicted molar refractivity (Wildman–Crippen MR) is 135 cm³/mol. The number of nitrogens with zero attached hydrogens (tertiary/aromatic N) is 3. The van der Waals surface area contributed by atoms with Gasteiger partial charge in [-0.05, 0) is 75.5 Å². The zero-order valence-electron chi connectivity index (χ0n) is 19.9. The third-order valence-corrected chi connectivity index (χ3v) is 7.53. The molecule has 1 amide bonds. The molecule has 1 N–H and O–H groups in total. The van der Waals surface area contributed by atoms with E-state index in [4.69, 9.17) is 16.3 Å². The number of nitrogens with one attached hydrogen (secondary N) is 1. The maximum Gasteiger partial charge on any atom is 0.408 e. The summed E-state index contributed by atoms with van der Waals surface area (Å²) >= 11 is 5.98. The van der Waals surface area contributed by atoms with Crippen LogP contribution in [0.2, 0.25) is 5.28 Å². The topological polar surface area (TPSA) is 101 Å². The van der Waals surface area contributed by atoms with Crippen LogP contribution in [0, 0.1) is 6.92 Å². The Kier molecular flexibility index (Phi) is 6.75. The number of carbonyl (C=O) groups excluding carboxylic acids is 1. The van der Waals surface area contributed by atoms with Crippen LogP contribution in [-0.2, 0) is 14.8 Å². The third-order valence-electron chi connectivity index (χ3n) is 5.52. The van der Waals surface area contributed by atoms with Crippen LogP contribution in [-0.4, -0.2) is 36.6 Å². The molecule has 0 spiro atoms. The van der Waals surface area contributed by atoms with Gasteiger partial charge in [0, 0.05) is 18.3 Å². The monoisotopic (exact) mass is 514 g/mol. The van der Waals surface area contributed by atoms with E-state index in [2.05, 4.69) is 15.3 Å². The van der Waals surface area contributed by atoms with E-state index in [0.29, 0.717) is 28.9 Å². The molecule has 2 aromatic carbocycles. The highest BCUT2D eigenvalue weighted by Gasteiger charge is 2.35. The smallest absolute Gasteiger partial charge is 0.408 e. The summed E-state index contributed by atoms with van der Waals surface area (Å²) in [6.07, 6.45) is 1.36. The molecule has 0 saturated carbocycles. The number of sulfonamides is 1. The van der Waals surface area contributed by atoms with E-state index in [-0.39, 0.29) is 16.7 Å². The van der Waals surface area contributed by atoms with Gasteiger partial charge in [-0.15, -0.1) is 0 Å². The molecule has 10 heteroatoms. The third kappa shape index (κ3) is 5.57. The molecule has 1 aliphatic heterocycles. The van der Waals surface area contributed by atoms with Crippen LogP contribution in [0.25, 0.3) is 11.3 Å². The van der Waals surface area contributed by atoms with E-state index < -0.39 is 27.8 Å². The number of amides is 1. The Hall–Kier alpha value is -3.17. The van der Waals surface area contributed by atoms with Crippen LogP contribution >= 0.6 is 11.6 Å². The number of alkyl carbamates (subject to hydrolysis) is 1. The molecule has 0 aliphatic carbocycles. The van der Waals surface area contributed by atoms with Crippen LogP contribution in [0.4, 0.5) is 10.5 Å². The minimum Gasteiger partial charge on any atom is -0.444 e. The number of hydrogen-bond donors (Lipinski definition) is 1. The van der Waals surface area contributed by atoms with Gasteiger partial charge in [-0.25, -0.2) is 23.2 Å². The molecule has 8 nitrogen and oxygen atoms in total. The summed E-state index contributed by atoms with van der Waals surface area (Å²) in [5.41, 5.74) is 2.68. The number of aryl methyl sites for hydroxylation is 1. The van der Waals surface area contributed by atoms with E-state index in [1.54, 1.807) is 63.2 Å². The van der Waals surface area contributed by atoms with Gasteiger partial charge in [-0.1, -0.05) is 29.8 Å². The van der Waals surface area contributed by atoms with Crippen molar-refractivity contribution in [3.63, 3.8) is 0 Å². The minimum absolute atomic E-state index is 0.0915. The van der Waals surface area contributed by atoms with Crippen LogP contribution in [0.1, 0.15) is 44.4 Å². The van der Waals surface area contributed by atoms with Crippen molar-refractivity contribution in [2.75, 3.05) is 10.8 Å². The van der Waals surface area contributed by atoms with E-state index >= 15 is 0 Å². The lowest BCUT2D eigenvalue weighted by molar-refractivity contribution is 0.0501. The number of fused-ring (bicyclic) bond motifs is 1. The van der Waals surface area contributed by atoms with Gasteiger partial charge in [-0.2, -0.15) is 0 Å². The normalized spacial score (nSPS) is 15.9. The zero-order chi connectivity index (χ0) is 25.4. The first-order chi connectivity index (χ1) is 16.4. The van der Waals surface area contributed by atoms with Gasteiger partial charge >= 0.3 is 6.09 Å². The summed E-state index contributed by atoms with van der Waals surface area (Å²) in [7, 11) is -3.85. The maximum absolute atomic E-state index is 13.6. The lowest BCUT2D eigenvalue weighted by Gasteiger charge is -2.36. The Morgan fingerprint density at radius 1 is 1.14 bits per heavy atom. The summed E-state index contributed by atoms with van der Waals surface area (Å²) < 4.78 is 34.1. The van der Waals surface area contributed by atoms with E-state index in [1.807, 2.05) is 13.0 Å². The Morgan fingerprint density at radius 3 is 2.51 bits per heavy atom. The molecule has 0 bridgehead atoms. The Bertz CT molecular complexity index is 1350. The summed E-state index contributed by atoms with van der Waals surface area (Å²) in [6.45, 7) is 7.44. The van der Waals surface area contributed by atoms with Crippen molar-refractivity contribution in [2.24, 2.45) is 0 Å². The van der Waals surface area contributed by atoms with E-state index in [0.717, 1.165) is 5.56 Å². The number of halogens is 1. The summed E-state index contributed by atoms with van der Waals surface area (Å²) in [5.74, 6) is 0. The van der Waals surface area contributed by atoms with Gasteiger partial charge in [0.15, 0.2) is 0 Å². The summed E-state index contributed by atoms with van der Waals surface area (Å²) in [4.78, 5) is 20.9. The van der Waals surface area contributed by atoms with Crippen molar-refractivity contribution in [1.29, 1.82) is 0 Å². The molecule has 1 unspecified atom stereocenters. The number of hydrogen-bond acceptors (Lipinski definition) is 6. The van der Waals surface area contributed by atoms with Crippen LogP contribution < -0.4 is 9.62 Å². The van der Waals surface area contributed by atoms with Gasteiger partial charge in [0.2, 0.25) is 5.28 Å². The van der Waals surface area contributed by atoms with Gasteiger partial charge < -0.3 is 10.1 Å². The number of aromatic nitrogens is 2.